The topological polar surface area (TPSA) is 56.7 Å². The van der Waals surface area contributed by atoms with Crippen molar-refractivity contribution >= 4 is 22.4 Å². The molecule has 5 nitrogen and oxygen atoms in total. The fraction of sp³-hybridized carbons (Fsp3) is 0.714. The van der Waals surface area contributed by atoms with Crippen molar-refractivity contribution in [2.45, 2.75) is 38.1 Å². The summed E-state index contributed by atoms with van der Waals surface area (Å²) in [6.45, 7) is 4.56. The van der Waals surface area contributed by atoms with E-state index in [1.807, 2.05) is 5.38 Å². The minimum absolute atomic E-state index is 0.0277. The number of thiazole rings is 1. The second kappa shape index (κ2) is 6.10. The third-order valence-corrected chi connectivity index (χ3v) is 5.16. The van der Waals surface area contributed by atoms with E-state index in [2.05, 4.69) is 14.8 Å². The molecule has 0 spiro atoms. The molecule has 20 heavy (non-hydrogen) atoms. The summed E-state index contributed by atoms with van der Waals surface area (Å²) in [5.74, 6) is -0.811. The average Bonchev–Trinajstić information content (AvgIpc) is 3.07. The van der Waals surface area contributed by atoms with Gasteiger partial charge in [-0.1, -0.05) is 6.42 Å². The van der Waals surface area contributed by atoms with Gasteiger partial charge in [0, 0.05) is 24.5 Å². The molecule has 6 heteroatoms. The van der Waals surface area contributed by atoms with Crippen LogP contribution in [0.25, 0.3) is 0 Å². The van der Waals surface area contributed by atoms with Gasteiger partial charge < -0.3 is 10.0 Å². The monoisotopic (exact) mass is 295 g/mol. The fourth-order valence-electron chi connectivity index (χ4n) is 3.17. The predicted molar refractivity (Wildman–Crippen MR) is 79.5 cm³/mol. The Labute approximate surface area is 123 Å². The van der Waals surface area contributed by atoms with Gasteiger partial charge in [-0.25, -0.2) is 4.98 Å². The fourth-order valence-corrected chi connectivity index (χ4v) is 4.04. The summed E-state index contributed by atoms with van der Waals surface area (Å²) in [4.78, 5) is 20.1. The number of likely N-dealkylation sites (tertiary alicyclic amines) is 1. The zero-order valence-corrected chi connectivity index (χ0v) is 12.4. The van der Waals surface area contributed by atoms with Gasteiger partial charge in [-0.05, 0) is 32.4 Å². The van der Waals surface area contributed by atoms with Gasteiger partial charge in [0.1, 0.15) is 0 Å². The van der Waals surface area contributed by atoms with Crippen molar-refractivity contribution in [1.82, 2.24) is 9.88 Å². The standard InChI is InChI=1S/C14H21N3O2S/c18-13(19)8-11-10-20-14(15-11)17-7-4-12(9-17)16-5-2-1-3-6-16/h10,12H,1-9H2,(H,18,19). The lowest BCUT2D eigenvalue weighted by atomic mass is 10.1. The van der Waals surface area contributed by atoms with Crippen molar-refractivity contribution in [1.29, 1.82) is 0 Å². The number of piperidine rings is 1. The Morgan fingerprint density at radius 3 is 2.90 bits per heavy atom. The SMILES string of the molecule is O=C(O)Cc1csc(N2CCC(N3CCCCC3)C2)n1. The molecule has 0 bridgehead atoms. The van der Waals surface area contributed by atoms with Crippen molar-refractivity contribution in [2.24, 2.45) is 0 Å². The molecule has 0 aromatic carbocycles. The number of nitrogens with zero attached hydrogens (tertiary/aromatic N) is 3. The maximum absolute atomic E-state index is 10.7. The smallest absolute Gasteiger partial charge is 0.309 e. The van der Waals surface area contributed by atoms with Crippen LogP contribution in [-0.4, -0.2) is 53.2 Å². The van der Waals surface area contributed by atoms with Gasteiger partial charge in [0.05, 0.1) is 12.1 Å². The zero-order valence-electron chi connectivity index (χ0n) is 11.6. The molecule has 110 valence electrons. The van der Waals surface area contributed by atoms with Gasteiger partial charge in [-0.2, -0.15) is 0 Å². The molecule has 0 saturated carbocycles. The van der Waals surface area contributed by atoms with Gasteiger partial charge in [0.15, 0.2) is 5.13 Å². The summed E-state index contributed by atoms with van der Waals surface area (Å²) in [5, 5.41) is 11.7. The first-order valence-electron chi connectivity index (χ1n) is 7.37. The first kappa shape index (κ1) is 13.8. The third kappa shape index (κ3) is 3.12. The molecule has 1 aromatic heterocycles. The summed E-state index contributed by atoms with van der Waals surface area (Å²) in [6, 6.07) is 0.655. The minimum atomic E-state index is -0.811. The van der Waals surface area contributed by atoms with Crippen molar-refractivity contribution in [3.63, 3.8) is 0 Å². The summed E-state index contributed by atoms with van der Waals surface area (Å²) < 4.78 is 0. The lowest BCUT2D eigenvalue weighted by molar-refractivity contribution is -0.136. The van der Waals surface area contributed by atoms with Crippen molar-refractivity contribution in [3.05, 3.63) is 11.1 Å². The number of hydrogen-bond acceptors (Lipinski definition) is 5. The van der Waals surface area contributed by atoms with Crippen LogP contribution in [-0.2, 0) is 11.2 Å². The largest absolute Gasteiger partial charge is 0.481 e. The van der Waals surface area contributed by atoms with Crippen molar-refractivity contribution in [2.75, 3.05) is 31.1 Å². The van der Waals surface area contributed by atoms with E-state index in [9.17, 15) is 4.79 Å². The molecule has 2 fully saturated rings. The van der Waals surface area contributed by atoms with Gasteiger partial charge >= 0.3 is 5.97 Å². The summed E-state index contributed by atoms with van der Waals surface area (Å²) in [5.41, 5.74) is 0.680. The zero-order chi connectivity index (χ0) is 13.9. The van der Waals surface area contributed by atoms with E-state index >= 15 is 0 Å². The minimum Gasteiger partial charge on any atom is -0.481 e. The molecular weight excluding hydrogens is 274 g/mol. The highest BCUT2D eigenvalue weighted by Crippen LogP contribution is 2.27. The van der Waals surface area contributed by atoms with E-state index in [1.54, 1.807) is 11.3 Å². The second-order valence-electron chi connectivity index (χ2n) is 5.68. The van der Waals surface area contributed by atoms with E-state index in [-0.39, 0.29) is 6.42 Å². The van der Waals surface area contributed by atoms with E-state index in [0.717, 1.165) is 18.2 Å². The van der Waals surface area contributed by atoms with Crippen LogP contribution in [0.1, 0.15) is 31.4 Å². The summed E-state index contributed by atoms with van der Waals surface area (Å²) in [7, 11) is 0. The molecule has 3 heterocycles. The van der Waals surface area contributed by atoms with Crippen molar-refractivity contribution < 1.29 is 9.90 Å². The molecule has 0 aliphatic carbocycles. The number of carboxylic acids is 1. The van der Waals surface area contributed by atoms with Crippen LogP contribution >= 0.6 is 11.3 Å². The number of anilines is 1. The lowest BCUT2D eigenvalue weighted by Crippen LogP contribution is -2.40. The normalized spacial score (nSPS) is 24.2. The Morgan fingerprint density at radius 1 is 1.35 bits per heavy atom. The lowest BCUT2D eigenvalue weighted by Gasteiger charge is -2.32. The van der Waals surface area contributed by atoms with Crippen LogP contribution in [0.3, 0.4) is 0 Å². The number of carbonyl (C=O) groups is 1. The van der Waals surface area contributed by atoms with Crippen LogP contribution in [0.15, 0.2) is 5.38 Å². The molecule has 2 aliphatic heterocycles. The molecule has 3 rings (SSSR count). The predicted octanol–water partition coefficient (Wildman–Crippen LogP) is 1.83. The maximum Gasteiger partial charge on any atom is 0.309 e. The highest BCUT2D eigenvalue weighted by Gasteiger charge is 2.29. The quantitative estimate of drug-likeness (QED) is 0.918. The van der Waals surface area contributed by atoms with Gasteiger partial charge in [0.25, 0.3) is 0 Å². The maximum atomic E-state index is 10.7. The number of aromatic nitrogens is 1. The van der Waals surface area contributed by atoms with E-state index in [0.29, 0.717) is 11.7 Å². The number of hydrogen-bond donors (Lipinski definition) is 1. The molecule has 0 amide bonds. The first-order valence-corrected chi connectivity index (χ1v) is 8.25. The summed E-state index contributed by atoms with van der Waals surface area (Å²) >= 11 is 1.57. The molecule has 0 radical (unpaired) electrons. The van der Waals surface area contributed by atoms with Crippen LogP contribution in [0, 0.1) is 0 Å². The molecule has 1 atom stereocenters. The van der Waals surface area contributed by atoms with Crippen LogP contribution in [0.4, 0.5) is 5.13 Å². The first-order chi connectivity index (χ1) is 9.72. The highest BCUT2D eigenvalue weighted by atomic mass is 32.1. The Hall–Kier alpha value is -1.14. The third-order valence-electron chi connectivity index (χ3n) is 4.21. The van der Waals surface area contributed by atoms with Crippen LogP contribution < -0.4 is 4.90 Å². The van der Waals surface area contributed by atoms with E-state index in [4.69, 9.17) is 5.11 Å². The van der Waals surface area contributed by atoms with Gasteiger partial charge in [-0.3, -0.25) is 9.69 Å². The molecule has 1 unspecified atom stereocenters. The summed E-state index contributed by atoms with van der Waals surface area (Å²) in [6.07, 6.45) is 5.26. The molecule has 2 saturated heterocycles. The Kier molecular flexibility index (Phi) is 4.21. The Bertz CT molecular complexity index is 471. The highest BCUT2D eigenvalue weighted by molar-refractivity contribution is 7.13. The number of rotatable bonds is 4. The average molecular weight is 295 g/mol. The molecule has 2 aliphatic rings. The van der Waals surface area contributed by atoms with E-state index < -0.39 is 5.97 Å². The van der Waals surface area contributed by atoms with Gasteiger partial charge in [0.2, 0.25) is 0 Å². The van der Waals surface area contributed by atoms with Crippen LogP contribution in [0.5, 0.6) is 0 Å². The molecule has 1 N–H and O–H groups in total. The molecule has 1 aromatic rings. The number of carboxylic acid groups (broad SMARTS) is 1. The molecular formula is C14H21N3O2S. The van der Waals surface area contributed by atoms with E-state index in [1.165, 1.54) is 38.8 Å². The second-order valence-corrected chi connectivity index (χ2v) is 6.51. The number of aliphatic carboxylic acids is 1. The Balaban J connectivity index is 1.58. The van der Waals surface area contributed by atoms with Crippen molar-refractivity contribution in [3.8, 4) is 0 Å². The Morgan fingerprint density at radius 2 is 2.15 bits per heavy atom. The van der Waals surface area contributed by atoms with Gasteiger partial charge in [-0.15, -0.1) is 11.3 Å². The van der Waals surface area contributed by atoms with Crippen LogP contribution in [0.2, 0.25) is 0 Å².